The molecule has 0 unspecified atom stereocenters. The summed E-state index contributed by atoms with van der Waals surface area (Å²) >= 11 is 0. The topological polar surface area (TPSA) is 136 Å². The zero-order chi connectivity index (χ0) is 42.1. The molecule has 0 saturated carbocycles. The van der Waals surface area contributed by atoms with Crippen LogP contribution in [0.5, 0.6) is 23.0 Å². The van der Waals surface area contributed by atoms with Gasteiger partial charge in [0, 0.05) is 21.5 Å². The second kappa shape index (κ2) is 18.0. The summed E-state index contributed by atoms with van der Waals surface area (Å²) in [6.07, 6.45) is 1.94. The first-order chi connectivity index (χ1) is 29.0. The van der Waals surface area contributed by atoms with Crippen molar-refractivity contribution in [3.05, 3.63) is 71.8 Å². The van der Waals surface area contributed by atoms with Gasteiger partial charge in [-0.25, -0.2) is 0 Å². The van der Waals surface area contributed by atoms with E-state index in [1.165, 1.54) is 0 Å². The van der Waals surface area contributed by atoms with Gasteiger partial charge in [0.25, 0.3) is 0 Å². The number of fused-ring (bicyclic) bond motifs is 7. The average molecular weight is 865 g/mol. The SMILES string of the molecule is CCCCc1cc(OC)cc2c1op(O[C@@H]1[C@H]3OC(C)(C)O[C@H]3O[C@@H]1[C@@H](C)Op1oc3ccc(OC)cc3c3cc(OC)ccc3o1)oc1c(CCCC)cc(OC)cc12. The molecule has 4 aromatic carbocycles. The molecule has 0 bridgehead atoms. The number of methoxy groups -OCH3 is 4. The normalized spacial score (nSPS) is 20.1. The van der Waals surface area contributed by atoms with Gasteiger partial charge in [0.1, 0.15) is 63.6 Å². The number of benzene rings is 4. The summed E-state index contributed by atoms with van der Waals surface area (Å²) in [5.41, 5.74) is 4.48. The molecule has 0 radical (unpaired) electrons. The van der Waals surface area contributed by atoms with Crippen LogP contribution in [0, 0.1) is 0 Å². The highest BCUT2D eigenvalue weighted by molar-refractivity contribution is 7.32. The first-order valence-electron chi connectivity index (χ1n) is 20.5. The van der Waals surface area contributed by atoms with Crippen LogP contribution in [-0.4, -0.2) is 64.9 Å². The lowest BCUT2D eigenvalue weighted by Gasteiger charge is -2.27. The van der Waals surface area contributed by atoms with Gasteiger partial charge in [0.2, 0.25) is 0 Å². The van der Waals surface area contributed by atoms with Gasteiger partial charge in [-0.05, 0) is 118 Å². The highest BCUT2D eigenvalue weighted by Crippen LogP contribution is 2.46. The molecule has 13 nitrogen and oxygen atoms in total. The van der Waals surface area contributed by atoms with Crippen LogP contribution < -0.4 is 28.0 Å². The van der Waals surface area contributed by atoms with Gasteiger partial charge in [-0.15, -0.1) is 0 Å². The van der Waals surface area contributed by atoms with Gasteiger partial charge >= 0.3 is 16.5 Å². The number of ether oxygens (including phenoxy) is 7. The molecule has 4 heterocycles. The van der Waals surface area contributed by atoms with Crippen molar-refractivity contribution in [2.75, 3.05) is 28.4 Å². The maximum atomic E-state index is 7.04. The molecule has 322 valence electrons. The van der Waals surface area contributed by atoms with Gasteiger partial charge in [-0.2, -0.15) is 0 Å². The summed E-state index contributed by atoms with van der Waals surface area (Å²) in [5.74, 6) is 1.87. The van der Waals surface area contributed by atoms with Crippen LogP contribution in [0.25, 0.3) is 43.9 Å². The predicted octanol–water partition coefficient (Wildman–Crippen LogP) is 11.8. The molecule has 0 N–H and O–H groups in total. The van der Waals surface area contributed by atoms with E-state index in [9.17, 15) is 0 Å². The van der Waals surface area contributed by atoms with Crippen molar-refractivity contribution in [3.8, 4) is 23.0 Å². The molecule has 6 aromatic rings. The smallest absolute Gasteiger partial charge is 0.387 e. The van der Waals surface area contributed by atoms with Crippen LogP contribution in [0.1, 0.15) is 71.4 Å². The summed E-state index contributed by atoms with van der Waals surface area (Å²) in [7, 11) is 2.48. The Labute approximate surface area is 351 Å². The number of rotatable bonds is 15. The molecule has 8 rings (SSSR count). The van der Waals surface area contributed by atoms with E-state index in [1.807, 2.05) is 81.4 Å². The van der Waals surface area contributed by atoms with Crippen LogP contribution >= 0.6 is 16.5 Å². The zero-order valence-corrected chi connectivity index (χ0v) is 37.4. The first kappa shape index (κ1) is 42.4. The van der Waals surface area contributed by atoms with E-state index < -0.39 is 53.0 Å². The van der Waals surface area contributed by atoms with Crippen molar-refractivity contribution >= 4 is 60.4 Å². The van der Waals surface area contributed by atoms with Gasteiger partial charge in [-0.1, -0.05) is 26.7 Å². The Morgan fingerprint density at radius 2 is 1.12 bits per heavy atom. The summed E-state index contributed by atoms with van der Waals surface area (Å²) in [6.45, 7) is 9.94. The molecule has 0 aliphatic carbocycles. The van der Waals surface area contributed by atoms with Gasteiger partial charge in [-0.3, -0.25) is 9.05 Å². The van der Waals surface area contributed by atoms with E-state index in [0.717, 1.165) is 82.7 Å². The summed E-state index contributed by atoms with van der Waals surface area (Å²) in [6, 6.07) is 19.2. The highest BCUT2D eigenvalue weighted by atomic mass is 31.1. The molecule has 2 aliphatic rings. The van der Waals surface area contributed by atoms with E-state index in [0.29, 0.717) is 33.8 Å². The number of aryl methyl sites for hydroxylation is 2. The Morgan fingerprint density at radius 1 is 0.617 bits per heavy atom. The summed E-state index contributed by atoms with van der Waals surface area (Å²) in [4.78, 5) is 0. The van der Waals surface area contributed by atoms with Crippen LogP contribution in [0.2, 0.25) is 0 Å². The van der Waals surface area contributed by atoms with Crippen LogP contribution in [-0.2, 0) is 27.1 Å². The minimum absolute atomic E-state index is 0.568. The van der Waals surface area contributed by atoms with Crippen molar-refractivity contribution < 1.29 is 59.0 Å². The quantitative estimate of drug-likeness (QED) is 0.0969. The average Bonchev–Trinajstić information content (AvgIpc) is 3.60. The minimum atomic E-state index is -2.12. The van der Waals surface area contributed by atoms with Gasteiger partial charge in [0.05, 0.1) is 34.5 Å². The number of hydrogen-bond acceptors (Lipinski definition) is 13. The number of unbranched alkanes of at least 4 members (excludes halogenated alkanes) is 2. The maximum Gasteiger partial charge on any atom is 0.387 e. The molecule has 0 spiro atoms. The monoisotopic (exact) mass is 864 g/mol. The van der Waals surface area contributed by atoms with Crippen LogP contribution in [0.15, 0.2) is 77.5 Å². The van der Waals surface area contributed by atoms with E-state index in [4.69, 9.17) is 59.0 Å². The van der Waals surface area contributed by atoms with Crippen molar-refractivity contribution in [1.82, 2.24) is 0 Å². The first-order valence-corrected chi connectivity index (χ1v) is 22.7. The third-order valence-electron chi connectivity index (χ3n) is 10.9. The lowest BCUT2D eigenvalue weighted by atomic mass is 10.00. The van der Waals surface area contributed by atoms with Crippen LogP contribution in [0.4, 0.5) is 0 Å². The van der Waals surface area contributed by atoms with Crippen molar-refractivity contribution in [1.29, 1.82) is 0 Å². The fraction of sp³-hybridized carbons (Fsp3) is 0.467. The van der Waals surface area contributed by atoms with Crippen molar-refractivity contribution in [2.45, 2.75) is 110 Å². The van der Waals surface area contributed by atoms with E-state index in [1.54, 1.807) is 28.4 Å². The fourth-order valence-corrected chi connectivity index (χ4v) is 10.3. The highest BCUT2D eigenvalue weighted by Gasteiger charge is 2.58. The Balaban J connectivity index is 1.25. The lowest BCUT2D eigenvalue weighted by molar-refractivity contribution is -0.218. The van der Waals surface area contributed by atoms with Crippen molar-refractivity contribution in [2.24, 2.45) is 0 Å². The van der Waals surface area contributed by atoms with Gasteiger partial charge < -0.3 is 49.9 Å². The third-order valence-corrected chi connectivity index (χ3v) is 13.2. The number of hydrogen-bond donors (Lipinski definition) is 0. The molecule has 2 saturated heterocycles. The van der Waals surface area contributed by atoms with E-state index in [-0.39, 0.29) is 0 Å². The van der Waals surface area contributed by atoms with Gasteiger partial charge in [0.15, 0.2) is 12.1 Å². The largest absolute Gasteiger partial charge is 0.497 e. The molecule has 5 atom stereocenters. The fourth-order valence-electron chi connectivity index (χ4n) is 7.86. The lowest BCUT2D eigenvalue weighted by Crippen LogP contribution is -2.44. The molecule has 2 fully saturated rings. The summed E-state index contributed by atoms with van der Waals surface area (Å²) in [5, 5.41) is 3.24. The molecule has 60 heavy (non-hydrogen) atoms. The third kappa shape index (κ3) is 8.59. The van der Waals surface area contributed by atoms with Crippen molar-refractivity contribution in [3.63, 3.8) is 0 Å². The second-order valence-electron chi connectivity index (χ2n) is 15.5. The molecule has 0 amide bonds. The Morgan fingerprint density at radius 3 is 1.60 bits per heavy atom. The Hall–Kier alpha value is -4.32. The Kier molecular flexibility index (Phi) is 12.7. The minimum Gasteiger partial charge on any atom is -0.497 e. The maximum absolute atomic E-state index is 7.04. The molecule has 15 heteroatoms. The summed E-state index contributed by atoms with van der Waals surface area (Å²) < 4.78 is 82.7. The van der Waals surface area contributed by atoms with E-state index >= 15 is 0 Å². The van der Waals surface area contributed by atoms with Crippen LogP contribution in [0.3, 0.4) is 0 Å². The standard InChI is InChI=1S/C45H54O13P2/c1-10-12-14-27-20-31(48-8)24-35-36-25-32(49-9)21-28(15-13-11-2)41(36)57-60(56-40(27)35)58-42-39(50-44-43(42)51-45(4,5)52-44)26(3)53-59-54-37-18-16-29(46-6)22-33(37)34-23-30(47-7)17-19-38(34)55-59/h16-26,39,42-44H,10-15H2,1-9H3/t26-,39-,42+,43-,44-/m1/s1. The molecular weight excluding hydrogens is 810 g/mol. The predicted molar refractivity (Wildman–Crippen MR) is 231 cm³/mol. The second-order valence-corrected chi connectivity index (χ2v) is 17.6. The molecule has 2 aromatic heterocycles. The Bertz CT molecular complexity index is 2420. The molecular formula is C45H54O13P2. The van der Waals surface area contributed by atoms with E-state index in [2.05, 4.69) is 13.8 Å². The zero-order valence-electron chi connectivity index (χ0n) is 35.6. The molecule has 2 aliphatic heterocycles.